The van der Waals surface area contributed by atoms with Crippen LogP contribution >= 0.6 is 0 Å². The highest BCUT2D eigenvalue weighted by atomic mass is 16.5. The lowest BCUT2D eigenvalue weighted by atomic mass is 10.0. The number of aromatic nitrogens is 2. The number of hydrogen-bond acceptors (Lipinski definition) is 4. The van der Waals surface area contributed by atoms with Gasteiger partial charge in [0.15, 0.2) is 0 Å². The van der Waals surface area contributed by atoms with Crippen molar-refractivity contribution in [2.45, 2.75) is 40.7 Å². The Morgan fingerprint density at radius 3 is 2.18 bits per heavy atom. The van der Waals surface area contributed by atoms with Gasteiger partial charge in [-0.25, -0.2) is 9.36 Å². The molecule has 0 N–H and O–H groups in total. The van der Waals surface area contributed by atoms with Gasteiger partial charge in [-0.05, 0) is 37.1 Å². The van der Waals surface area contributed by atoms with Crippen LogP contribution in [-0.2, 0) is 29.4 Å². The van der Waals surface area contributed by atoms with Crippen LogP contribution in [-0.4, -0.2) is 22.3 Å². The molecule has 6 nitrogen and oxygen atoms in total. The predicted molar refractivity (Wildman–Crippen MR) is 110 cm³/mol. The molecule has 0 bridgehead atoms. The molecule has 0 aliphatic heterocycles. The molecule has 0 spiro atoms. The van der Waals surface area contributed by atoms with Gasteiger partial charge >= 0.3 is 5.69 Å². The van der Waals surface area contributed by atoms with Crippen LogP contribution in [0.5, 0.6) is 0 Å². The van der Waals surface area contributed by atoms with Crippen molar-refractivity contribution in [1.29, 1.82) is 0 Å². The Labute approximate surface area is 163 Å². The van der Waals surface area contributed by atoms with Gasteiger partial charge < -0.3 is 9.47 Å². The Morgan fingerprint density at radius 2 is 1.50 bits per heavy atom. The third kappa shape index (κ3) is 4.08. The van der Waals surface area contributed by atoms with Crippen LogP contribution in [0.4, 0.5) is 0 Å². The first-order chi connectivity index (χ1) is 13.6. The van der Waals surface area contributed by atoms with Gasteiger partial charge in [-0.2, -0.15) is 0 Å². The average molecular weight is 382 g/mol. The van der Waals surface area contributed by atoms with E-state index in [0.29, 0.717) is 30.9 Å². The van der Waals surface area contributed by atoms with Crippen molar-refractivity contribution in [3.8, 4) is 0 Å². The monoisotopic (exact) mass is 382 g/mol. The normalized spacial score (nSPS) is 11.2. The largest absolute Gasteiger partial charge is 0.361 e. The molecule has 0 radical (unpaired) electrons. The summed E-state index contributed by atoms with van der Waals surface area (Å²) in [5.41, 5.74) is 1.52. The minimum absolute atomic E-state index is 0.0581. The van der Waals surface area contributed by atoms with Crippen LogP contribution in [0, 0.1) is 6.92 Å². The zero-order chi connectivity index (χ0) is 20.1. The maximum atomic E-state index is 12.9. The van der Waals surface area contributed by atoms with Crippen molar-refractivity contribution in [1.82, 2.24) is 9.13 Å². The summed E-state index contributed by atoms with van der Waals surface area (Å²) in [6.45, 7) is 6.40. The van der Waals surface area contributed by atoms with E-state index in [1.165, 1.54) is 4.57 Å². The molecule has 2 aromatic carbocycles. The molecule has 148 valence electrons. The van der Waals surface area contributed by atoms with E-state index in [2.05, 4.69) is 24.3 Å². The molecule has 0 unspecified atom stereocenters. The molecule has 28 heavy (non-hydrogen) atoms. The van der Waals surface area contributed by atoms with Gasteiger partial charge in [-0.3, -0.25) is 9.36 Å². The van der Waals surface area contributed by atoms with Crippen LogP contribution in [0.3, 0.4) is 0 Å². The van der Waals surface area contributed by atoms with Crippen molar-refractivity contribution >= 4 is 10.8 Å². The minimum atomic E-state index is -0.409. The summed E-state index contributed by atoms with van der Waals surface area (Å²) in [6.07, 6.45) is 0.476. The number of nitrogens with zero attached hydrogens (tertiary/aromatic N) is 2. The average Bonchev–Trinajstić information content (AvgIpc) is 2.71. The molecule has 0 atom stereocenters. The van der Waals surface area contributed by atoms with Crippen molar-refractivity contribution < 1.29 is 9.47 Å². The lowest BCUT2D eigenvalue weighted by Crippen LogP contribution is -2.44. The second kappa shape index (κ2) is 8.99. The number of hydrogen-bond donors (Lipinski definition) is 0. The van der Waals surface area contributed by atoms with Gasteiger partial charge in [-0.1, -0.05) is 42.5 Å². The molecule has 1 aromatic heterocycles. The van der Waals surface area contributed by atoms with Crippen LogP contribution in [0.2, 0.25) is 0 Å². The number of fused-ring (bicyclic) bond motifs is 1. The summed E-state index contributed by atoms with van der Waals surface area (Å²) in [6, 6.07) is 14.3. The second-order valence-electron chi connectivity index (χ2n) is 6.62. The summed E-state index contributed by atoms with van der Waals surface area (Å²) in [5.74, 6) is 0. The topological polar surface area (TPSA) is 62.5 Å². The van der Waals surface area contributed by atoms with Gasteiger partial charge in [0.05, 0.1) is 0 Å². The highest BCUT2D eigenvalue weighted by molar-refractivity contribution is 5.83. The summed E-state index contributed by atoms with van der Waals surface area (Å²) >= 11 is 0. The maximum Gasteiger partial charge on any atom is 0.335 e. The Kier molecular flexibility index (Phi) is 6.44. The van der Waals surface area contributed by atoms with E-state index >= 15 is 0 Å². The quantitative estimate of drug-likeness (QED) is 0.601. The predicted octanol–water partition coefficient (Wildman–Crippen LogP) is 3.05. The molecule has 1 heterocycles. The van der Waals surface area contributed by atoms with Crippen LogP contribution in [0.1, 0.15) is 30.7 Å². The van der Waals surface area contributed by atoms with Gasteiger partial charge in [0.1, 0.15) is 13.5 Å². The zero-order valence-corrected chi connectivity index (χ0v) is 16.6. The molecule has 6 heteroatoms. The van der Waals surface area contributed by atoms with Crippen molar-refractivity contribution in [3.63, 3.8) is 0 Å². The minimum Gasteiger partial charge on any atom is -0.361 e. The fourth-order valence-corrected chi connectivity index (χ4v) is 3.26. The Morgan fingerprint density at radius 1 is 0.857 bits per heavy atom. The van der Waals surface area contributed by atoms with E-state index in [-0.39, 0.29) is 19.0 Å². The molecular formula is C22H26N2O4. The van der Waals surface area contributed by atoms with Crippen molar-refractivity contribution in [2.24, 2.45) is 0 Å². The smallest absolute Gasteiger partial charge is 0.335 e. The van der Waals surface area contributed by atoms with Crippen LogP contribution in [0.15, 0.2) is 52.1 Å². The summed E-state index contributed by atoms with van der Waals surface area (Å²) in [7, 11) is 0. The standard InChI is InChI=1S/C22H26N2O4/c1-4-27-14-23-20(16(3)21(25)24(22(23)26)15-28-5-2)13-17-10-11-18-8-6-7-9-19(18)12-17/h6-12H,4-5,13-15H2,1-3H3. The SMILES string of the molecule is CCOCn1c(Cc2ccc3ccccc3c2)c(C)c(=O)n(COCC)c1=O. The first-order valence-electron chi connectivity index (χ1n) is 9.53. The third-order valence-electron chi connectivity index (χ3n) is 4.82. The summed E-state index contributed by atoms with van der Waals surface area (Å²) in [5, 5.41) is 2.28. The molecule has 0 aliphatic rings. The van der Waals surface area contributed by atoms with E-state index in [9.17, 15) is 9.59 Å². The van der Waals surface area contributed by atoms with Gasteiger partial charge in [-0.15, -0.1) is 0 Å². The number of ether oxygens (including phenoxy) is 2. The van der Waals surface area contributed by atoms with E-state index in [4.69, 9.17) is 9.47 Å². The summed E-state index contributed by atoms with van der Waals surface area (Å²) in [4.78, 5) is 25.7. The van der Waals surface area contributed by atoms with Gasteiger partial charge in [0, 0.05) is 30.9 Å². The van der Waals surface area contributed by atoms with Crippen molar-refractivity contribution in [2.75, 3.05) is 13.2 Å². The highest BCUT2D eigenvalue weighted by Crippen LogP contribution is 2.18. The highest BCUT2D eigenvalue weighted by Gasteiger charge is 2.17. The molecule has 3 rings (SSSR count). The zero-order valence-electron chi connectivity index (χ0n) is 16.6. The fraction of sp³-hybridized carbons (Fsp3) is 0.364. The number of rotatable bonds is 8. The molecular weight excluding hydrogens is 356 g/mol. The van der Waals surface area contributed by atoms with Gasteiger partial charge in [0.25, 0.3) is 5.56 Å². The fourth-order valence-electron chi connectivity index (χ4n) is 3.26. The van der Waals surface area contributed by atoms with E-state index in [0.717, 1.165) is 20.9 Å². The molecule has 3 aromatic rings. The molecule has 0 amide bonds. The maximum absolute atomic E-state index is 12.9. The third-order valence-corrected chi connectivity index (χ3v) is 4.82. The van der Waals surface area contributed by atoms with Crippen LogP contribution in [0.25, 0.3) is 10.8 Å². The van der Waals surface area contributed by atoms with E-state index < -0.39 is 5.69 Å². The van der Waals surface area contributed by atoms with E-state index in [1.807, 2.05) is 32.0 Å². The Hall–Kier alpha value is -2.70. The Balaban J connectivity index is 2.09. The lowest BCUT2D eigenvalue weighted by molar-refractivity contribution is 0.0646. The summed E-state index contributed by atoms with van der Waals surface area (Å²) < 4.78 is 13.5. The molecule has 0 fully saturated rings. The molecule has 0 saturated heterocycles. The van der Waals surface area contributed by atoms with Crippen LogP contribution < -0.4 is 11.2 Å². The second-order valence-corrected chi connectivity index (χ2v) is 6.62. The lowest BCUT2D eigenvalue weighted by Gasteiger charge is -2.18. The van der Waals surface area contributed by atoms with E-state index in [1.54, 1.807) is 6.92 Å². The number of benzene rings is 2. The molecule has 0 saturated carbocycles. The van der Waals surface area contributed by atoms with Gasteiger partial charge in [0.2, 0.25) is 0 Å². The Bertz CT molecular complexity index is 1080. The first-order valence-corrected chi connectivity index (χ1v) is 9.53. The van der Waals surface area contributed by atoms with Crippen molar-refractivity contribution in [3.05, 3.63) is 80.1 Å². The first kappa shape index (κ1) is 20.0. The molecule has 0 aliphatic carbocycles.